The van der Waals surface area contributed by atoms with Crippen LogP contribution in [0, 0.1) is 13.8 Å². The fourth-order valence-corrected chi connectivity index (χ4v) is 4.01. The predicted octanol–water partition coefficient (Wildman–Crippen LogP) is 5.58. The highest BCUT2D eigenvalue weighted by Gasteiger charge is 2.21. The third-order valence-electron chi connectivity index (χ3n) is 5.09. The molecule has 0 amide bonds. The summed E-state index contributed by atoms with van der Waals surface area (Å²) in [6, 6.07) is 19.9. The topological polar surface area (TPSA) is 12.9 Å². The van der Waals surface area contributed by atoms with Crippen molar-refractivity contribution >= 4 is 21.7 Å². The van der Waals surface area contributed by atoms with E-state index < -0.39 is 0 Å². The van der Waals surface area contributed by atoms with Crippen LogP contribution < -0.4 is 0 Å². The summed E-state index contributed by atoms with van der Waals surface area (Å²) in [5.74, 6) is 0. The van der Waals surface area contributed by atoms with Gasteiger partial charge in [-0.15, -0.1) is 0 Å². The molecule has 0 unspecified atom stereocenters. The molecule has 0 bridgehead atoms. The first-order chi connectivity index (χ1) is 11.2. The standard InChI is InChI=1S/C22H17N/c1-13-7-8-19-21(11-13)23-14(2)16-9-10-18-17-6-4-3-5-15(17)12-20(18)22(16)19/h3-11H,12H2,1-2H3. The van der Waals surface area contributed by atoms with E-state index in [1.54, 1.807) is 0 Å². The van der Waals surface area contributed by atoms with Gasteiger partial charge in [-0.05, 0) is 59.5 Å². The molecule has 1 heterocycles. The highest BCUT2D eigenvalue weighted by atomic mass is 14.7. The minimum absolute atomic E-state index is 1.02. The Labute approximate surface area is 135 Å². The van der Waals surface area contributed by atoms with E-state index in [2.05, 4.69) is 68.4 Å². The van der Waals surface area contributed by atoms with Gasteiger partial charge < -0.3 is 0 Å². The maximum absolute atomic E-state index is 4.84. The fraction of sp³-hybridized carbons (Fsp3) is 0.136. The lowest BCUT2D eigenvalue weighted by Crippen LogP contribution is -1.93. The van der Waals surface area contributed by atoms with E-state index in [1.807, 2.05) is 0 Å². The summed E-state index contributed by atoms with van der Waals surface area (Å²) < 4.78 is 0. The molecule has 4 aromatic rings. The van der Waals surface area contributed by atoms with Gasteiger partial charge in [0.2, 0.25) is 0 Å². The van der Waals surface area contributed by atoms with E-state index in [4.69, 9.17) is 4.98 Å². The minimum Gasteiger partial charge on any atom is -0.252 e. The third-order valence-corrected chi connectivity index (χ3v) is 5.09. The van der Waals surface area contributed by atoms with Crippen molar-refractivity contribution in [2.24, 2.45) is 0 Å². The van der Waals surface area contributed by atoms with Crippen LogP contribution in [0.4, 0.5) is 0 Å². The second-order valence-electron chi connectivity index (χ2n) is 6.57. The Balaban J connectivity index is 1.98. The van der Waals surface area contributed by atoms with Crippen LogP contribution in [0.15, 0.2) is 54.6 Å². The number of hydrogen-bond donors (Lipinski definition) is 0. The summed E-state index contributed by atoms with van der Waals surface area (Å²) in [5, 5.41) is 3.95. The van der Waals surface area contributed by atoms with Gasteiger partial charge in [-0.3, -0.25) is 4.98 Å². The lowest BCUT2D eigenvalue weighted by atomic mass is 9.95. The number of aromatic nitrogens is 1. The molecular weight excluding hydrogens is 278 g/mol. The summed E-state index contributed by atoms with van der Waals surface area (Å²) in [6.07, 6.45) is 1.02. The Bertz CT molecular complexity index is 1110. The van der Waals surface area contributed by atoms with Crippen LogP contribution >= 0.6 is 0 Å². The maximum Gasteiger partial charge on any atom is 0.0714 e. The van der Waals surface area contributed by atoms with Crippen LogP contribution in [0.3, 0.4) is 0 Å². The number of pyridine rings is 1. The van der Waals surface area contributed by atoms with E-state index in [0.29, 0.717) is 0 Å². The highest BCUT2D eigenvalue weighted by Crippen LogP contribution is 2.42. The molecule has 0 spiro atoms. The van der Waals surface area contributed by atoms with E-state index in [1.165, 1.54) is 44.0 Å². The van der Waals surface area contributed by atoms with Crippen molar-refractivity contribution in [3.8, 4) is 11.1 Å². The summed E-state index contributed by atoms with van der Waals surface area (Å²) in [5.41, 5.74) is 9.17. The van der Waals surface area contributed by atoms with Gasteiger partial charge in [-0.1, -0.05) is 48.5 Å². The van der Waals surface area contributed by atoms with Crippen molar-refractivity contribution in [1.82, 2.24) is 4.98 Å². The molecule has 0 radical (unpaired) electrons. The third kappa shape index (κ3) is 1.71. The Morgan fingerprint density at radius 1 is 0.826 bits per heavy atom. The summed E-state index contributed by atoms with van der Waals surface area (Å²) in [6.45, 7) is 4.25. The van der Waals surface area contributed by atoms with Crippen molar-refractivity contribution in [3.05, 3.63) is 77.0 Å². The SMILES string of the molecule is Cc1ccc2c(c1)nc(C)c1ccc3c(c12)Cc1ccccc1-3. The normalized spacial score (nSPS) is 12.6. The molecular formula is C22H17N. The van der Waals surface area contributed by atoms with Crippen LogP contribution in [0.2, 0.25) is 0 Å². The second-order valence-corrected chi connectivity index (χ2v) is 6.57. The molecule has 1 nitrogen and oxygen atoms in total. The van der Waals surface area contributed by atoms with E-state index >= 15 is 0 Å². The molecule has 1 aliphatic carbocycles. The zero-order valence-corrected chi connectivity index (χ0v) is 13.4. The lowest BCUT2D eigenvalue weighted by molar-refractivity contribution is 1.26. The van der Waals surface area contributed by atoms with E-state index in [9.17, 15) is 0 Å². The van der Waals surface area contributed by atoms with Gasteiger partial charge in [0.05, 0.1) is 5.52 Å². The van der Waals surface area contributed by atoms with Gasteiger partial charge >= 0.3 is 0 Å². The molecule has 0 fully saturated rings. The molecule has 0 aliphatic heterocycles. The van der Waals surface area contributed by atoms with Crippen molar-refractivity contribution in [3.63, 3.8) is 0 Å². The van der Waals surface area contributed by atoms with E-state index in [0.717, 1.165) is 17.6 Å². The Morgan fingerprint density at radius 3 is 2.57 bits per heavy atom. The molecule has 1 aliphatic rings. The molecule has 23 heavy (non-hydrogen) atoms. The van der Waals surface area contributed by atoms with E-state index in [-0.39, 0.29) is 0 Å². The zero-order valence-electron chi connectivity index (χ0n) is 13.4. The van der Waals surface area contributed by atoms with Crippen LogP contribution in [-0.4, -0.2) is 4.98 Å². The molecule has 0 atom stereocenters. The molecule has 0 saturated carbocycles. The summed E-state index contributed by atoms with van der Waals surface area (Å²) in [4.78, 5) is 4.84. The van der Waals surface area contributed by atoms with Crippen molar-refractivity contribution in [2.75, 3.05) is 0 Å². The largest absolute Gasteiger partial charge is 0.252 e. The number of benzene rings is 3. The Morgan fingerprint density at radius 2 is 1.65 bits per heavy atom. The Kier molecular flexibility index (Phi) is 2.47. The summed E-state index contributed by atoms with van der Waals surface area (Å²) in [7, 11) is 0. The van der Waals surface area contributed by atoms with Crippen molar-refractivity contribution in [2.45, 2.75) is 20.3 Å². The monoisotopic (exact) mass is 295 g/mol. The van der Waals surface area contributed by atoms with Crippen molar-refractivity contribution < 1.29 is 0 Å². The first-order valence-corrected chi connectivity index (χ1v) is 8.13. The smallest absolute Gasteiger partial charge is 0.0714 e. The lowest BCUT2D eigenvalue weighted by Gasteiger charge is -2.12. The van der Waals surface area contributed by atoms with Gasteiger partial charge in [0.1, 0.15) is 0 Å². The molecule has 0 N–H and O–H groups in total. The molecule has 1 heteroatoms. The molecule has 0 saturated heterocycles. The van der Waals surface area contributed by atoms with Gasteiger partial charge in [-0.2, -0.15) is 0 Å². The number of nitrogens with zero attached hydrogens (tertiary/aromatic N) is 1. The molecule has 3 aromatic carbocycles. The molecule has 1 aromatic heterocycles. The number of aryl methyl sites for hydroxylation is 2. The number of fused-ring (bicyclic) bond motifs is 7. The average molecular weight is 295 g/mol. The van der Waals surface area contributed by atoms with Crippen LogP contribution in [0.25, 0.3) is 32.8 Å². The first-order valence-electron chi connectivity index (χ1n) is 8.13. The van der Waals surface area contributed by atoms with Crippen molar-refractivity contribution in [1.29, 1.82) is 0 Å². The van der Waals surface area contributed by atoms with Crippen LogP contribution in [0.5, 0.6) is 0 Å². The maximum atomic E-state index is 4.84. The van der Waals surface area contributed by atoms with Gasteiger partial charge in [0, 0.05) is 16.5 Å². The van der Waals surface area contributed by atoms with Gasteiger partial charge in [0.25, 0.3) is 0 Å². The molecule has 110 valence electrons. The van der Waals surface area contributed by atoms with Crippen LogP contribution in [-0.2, 0) is 6.42 Å². The number of rotatable bonds is 0. The fourth-order valence-electron chi connectivity index (χ4n) is 4.01. The second kappa shape index (κ2) is 4.42. The van der Waals surface area contributed by atoms with Crippen LogP contribution in [0.1, 0.15) is 22.4 Å². The highest BCUT2D eigenvalue weighted by molar-refractivity contribution is 6.11. The summed E-state index contributed by atoms with van der Waals surface area (Å²) >= 11 is 0. The van der Waals surface area contributed by atoms with Gasteiger partial charge in [0.15, 0.2) is 0 Å². The molecule has 5 rings (SSSR count). The average Bonchev–Trinajstić information content (AvgIpc) is 2.93. The zero-order chi connectivity index (χ0) is 15.6. The Hall–Kier alpha value is -2.67. The quantitative estimate of drug-likeness (QED) is 0.340. The predicted molar refractivity (Wildman–Crippen MR) is 97.0 cm³/mol. The van der Waals surface area contributed by atoms with Gasteiger partial charge in [-0.25, -0.2) is 0 Å². The minimum atomic E-state index is 1.02. The number of hydrogen-bond acceptors (Lipinski definition) is 1. The first kappa shape index (κ1) is 12.8.